The van der Waals surface area contributed by atoms with Crippen LogP contribution in [0.1, 0.15) is 30.1 Å². The third-order valence-corrected chi connectivity index (χ3v) is 5.73. The van der Waals surface area contributed by atoms with Crippen LogP contribution in [0.3, 0.4) is 0 Å². The van der Waals surface area contributed by atoms with Gasteiger partial charge in [-0.3, -0.25) is 9.79 Å². The Balaban J connectivity index is 1.69. The normalized spacial score (nSPS) is 20.2. The quantitative estimate of drug-likeness (QED) is 0.391. The lowest BCUT2D eigenvalue weighted by Gasteiger charge is -2.24. The summed E-state index contributed by atoms with van der Waals surface area (Å²) in [6.07, 6.45) is 2.52. The SMILES string of the molecule is CN=C(NCCNC(=O)c1cccc(OC)c1)NCC1(C)CCCS1. The summed E-state index contributed by atoms with van der Waals surface area (Å²) in [7, 11) is 3.35. The number of ether oxygens (including phenoxy) is 1. The van der Waals surface area contributed by atoms with Crippen LogP contribution in [-0.2, 0) is 0 Å². The van der Waals surface area contributed by atoms with E-state index in [0.29, 0.717) is 24.4 Å². The van der Waals surface area contributed by atoms with Crippen molar-refractivity contribution >= 4 is 23.6 Å². The van der Waals surface area contributed by atoms with Gasteiger partial charge in [-0.2, -0.15) is 11.8 Å². The second-order valence-electron chi connectivity index (χ2n) is 6.24. The molecule has 1 fully saturated rings. The van der Waals surface area contributed by atoms with E-state index in [9.17, 15) is 4.79 Å². The van der Waals surface area contributed by atoms with Crippen LogP contribution < -0.4 is 20.7 Å². The highest BCUT2D eigenvalue weighted by Crippen LogP contribution is 2.36. The molecule has 3 N–H and O–H groups in total. The molecule has 25 heavy (non-hydrogen) atoms. The molecule has 0 radical (unpaired) electrons. The molecule has 0 saturated carbocycles. The molecule has 1 aromatic rings. The van der Waals surface area contributed by atoms with Crippen LogP contribution in [0.4, 0.5) is 0 Å². The van der Waals surface area contributed by atoms with E-state index < -0.39 is 0 Å². The number of carbonyl (C=O) groups is 1. The molecule has 1 saturated heterocycles. The molecule has 0 spiro atoms. The van der Waals surface area contributed by atoms with E-state index in [1.807, 2.05) is 17.8 Å². The number of carbonyl (C=O) groups excluding carboxylic acids is 1. The number of nitrogens with one attached hydrogen (secondary N) is 3. The van der Waals surface area contributed by atoms with Gasteiger partial charge in [-0.1, -0.05) is 6.07 Å². The van der Waals surface area contributed by atoms with Crippen molar-refractivity contribution in [2.75, 3.05) is 39.5 Å². The third-order valence-electron chi connectivity index (χ3n) is 4.19. The Labute approximate surface area is 154 Å². The van der Waals surface area contributed by atoms with Crippen molar-refractivity contribution in [1.82, 2.24) is 16.0 Å². The van der Waals surface area contributed by atoms with Crippen molar-refractivity contribution in [3.63, 3.8) is 0 Å². The lowest BCUT2D eigenvalue weighted by Crippen LogP contribution is -2.45. The number of aliphatic imine (C=N–C) groups is 1. The molecule has 0 aromatic heterocycles. The Morgan fingerprint density at radius 2 is 2.12 bits per heavy atom. The fourth-order valence-electron chi connectivity index (χ4n) is 2.69. The number of guanidine groups is 1. The standard InChI is InChI=1S/C18H28N4O2S/c1-18(8-5-11-25-18)13-22-17(19-2)21-10-9-20-16(23)14-6-4-7-15(12-14)24-3/h4,6-7,12H,5,8-11,13H2,1-3H3,(H,20,23)(H2,19,21,22). The van der Waals surface area contributed by atoms with Gasteiger partial charge in [-0.25, -0.2) is 0 Å². The maximum atomic E-state index is 12.1. The first kappa shape index (κ1) is 19.4. The van der Waals surface area contributed by atoms with Crippen LogP contribution in [0, 0.1) is 0 Å². The minimum atomic E-state index is -0.112. The van der Waals surface area contributed by atoms with E-state index in [1.165, 1.54) is 18.6 Å². The van der Waals surface area contributed by atoms with Gasteiger partial charge in [-0.15, -0.1) is 0 Å². The molecule has 0 aliphatic carbocycles. The minimum Gasteiger partial charge on any atom is -0.497 e. The first-order valence-electron chi connectivity index (χ1n) is 8.57. The molecule has 138 valence electrons. The third kappa shape index (κ3) is 6.16. The van der Waals surface area contributed by atoms with Crippen molar-refractivity contribution in [3.05, 3.63) is 29.8 Å². The van der Waals surface area contributed by atoms with Crippen LogP contribution in [0.2, 0.25) is 0 Å². The fourth-order valence-corrected chi connectivity index (χ4v) is 3.94. The molecule has 2 rings (SSSR count). The van der Waals surface area contributed by atoms with Gasteiger partial charge < -0.3 is 20.7 Å². The van der Waals surface area contributed by atoms with Crippen molar-refractivity contribution < 1.29 is 9.53 Å². The Morgan fingerprint density at radius 1 is 1.32 bits per heavy atom. The number of nitrogens with zero attached hydrogens (tertiary/aromatic N) is 1. The van der Waals surface area contributed by atoms with Gasteiger partial charge in [0.05, 0.1) is 7.11 Å². The van der Waals surface area contributed by atoms with E-state index in [0.717, 1.165) is 12.5 Å². The Kier molecular flexibility index (Phi) is 7.43. The van der Waals surface area contributed by atoms with Crippen LogP contribution in [0.15, 0.2) is 29.3 Å². The van der Waals surface area contributed by atoms with Gasteiger partial charge >= 0.3 is 0 Å². The second kappa shape index (κ2) is 9.56. The summed E-state index contributed by atoms with van der Waals surface area (Å²) in [5.74, 6) is 2.57. The summed E-state index contributed by atoms with van der Waals surface area (Å²) in [6, 6.07) is 7.12. The first-order chi connectivity index (χ1) is 12.1. The number of methoxy groups -OCH3 is 1. The van der Waals surface area contributed by atoms with E-state index >= 15 is 0 Å². The van der Waals surface area contributed by atoms with Gasteiger partial charge in [0.1, 0.15) is 5.75 Å². The van der Waals surface area contributed by atoms with Crippen molar-refractivity contribution in [2.45, 2.75) is 24.5 Å². The number of thioether (sulfide) groups is 1. The highest BCUT2D eigenvalue weighted by molar-refractivity contribution is 8.00. The van der Waals surface area contributed by atoms with Crippen LogP contribution in [0.25, 0.3) is 0 Å². The van der Waals surface area contributed by atoms with E-state index in [4.69, 9.17) is 4.74 Å². The molecule has 6 nitrogen and oxygen atoms in total. The lowest BCUT2D eigenvalue weighted by atomic mass is 10.1. The van der Waals surface area contributed by atoms with Crippen LogP contribution >= 0.6 is 11.8 Å². The molecule has 0 bridgehead atoms. The number of rotatable bonds is 7. The molecule has 1 aliphatic heterocycles. The molecule has 1 amide bonds. The summed E-state index contributed by atoms with van der Waals surface area (Å²) < 4.78 is 5.43. The lowest BCUT2D eigenvalue weighted by molar-refractivity contribution is 0.0954. The summed E-state index contributed by atoms with van der Waals surface area (Å²) in [5.41, 5.74) is 0.591. The molecular weight excluding hydrogens is 336 g/mol. The summed E-state index contributed by atoms with van der Waals surface area (Å²) in [4.78, 5) is 16.4. The van der Waals surface area contributed by atoms with E-state index in [1.54, 1.807) is 32.4 Å². The highest BCUT2D eigenvalue weighted by atomic mass is 32.2. The zero-order valence-electron chi connectivity index (χ0n) is 15.2. The molecule has 1 aromatic carbocycles. The van der Waals surface area contributed by atoms with Gasteiger partial charge in [0.15, 0.2) is 5.96 Å². The largest absolute Gasteiger partial charge is 0.497 e. The maximum Gasteiger partial charge on any atom is 0.251 e. The van der Waals surface area contributed by atoms with Crippen LogP contribution in [-0.4, -0.2) is 56.2 Å². The number of hydrogen-bond donors (Lipinski definition) is 3. The number of benzene rings is 1. The summed E-state index contributed by atoms with van der Waals surface area (Å²) >= 11 is 2.02. The molecule has 7 heteroatoms. The molecule has 1 unspecified atom stereocenters. The first-order valence-corrected chi connectivity index (χ1v) is 9.55. The molecular formula is C18H28N4O2S. The predicted octanol–water partition coefficient (Wildman–Crippen LogP) is 1.88. The number of hydrogen-bond acceptors (Lipinski definition) is 4. The van der Waals surface area contributed by atoms with Gasteiger partial charge in [0.2, 0.25) is 0 Å². The van der Waals surface area contributed by atoms with Crippen LogP contribution in [0.5, 0.6) is 5.75 Å². The van der Waals surface area contributed by atoms with E-state index in [2.05, 4.69) is 27.9 Å². The molecule has 1 atom stereocenters. The van der Waals surface area contributed by atoms with Crippen molar-refractivity contribution in [2.24, 2.45) is 4.99 Å². The smallest absolute Gasteiger partial charge is 0.251 e. The Morgan fingerprint density at radius 3 is 2.80 bits per heavy atom. The second-order valence-corrected chi connectivity index (χ2v) is 7.92. The average molecular weight is 365 g/mol. The zero-order chi connectivity index (χ0) is 18.1. The highest BCUT2D eigenvalue weighted by Gasteiger charge is 2.29. The Hall–Kier alpha value is -1.89. The Bertz CT molecular complexity index is 600. The minimum absolute atomic E-state index is 0.112. The average Bonchev–Trinajstić information content (AvgIpc) is 3.07. The molecule has 1 aliphatic rings. The van der Waals surface area contributed by atoms with E-state index in [-0.39, 0.29) is 10.7 Å². The van der Waals surface area contributed by atoms with Gasteiger partial charge in [0, 0.05) is 37.0 Å². The van der Waals surface area contributed by atoms with Gasteiger partial charge in [0.25, 0.3) is 5.91 Å². The van der Waals surface area contributed by atoms with Crippen molar-refractivity contribution in [1.29, 1.82) is 0 Å². The molecule has 1 heterocycles. The number of amides is 1. The fraction of sp³-hybridized carbons (Fsp3) is 0.556. The van der Waals surface area contributed by atoms with Crippen molar-refractivity contribution in [3.8, 4) is 5.75 Å². The zero-order valence-corrected chi connectivity index (χ0v) is 16.0. The van der Waals surface area contributed by atoms with Gasteiger partial charge in [-0.05, 0) is 43.7 Å². The summed E-state index contributed by atoms with van der Waals surface area (Å²) in [5, 5.41) is 9.50. The summed E-state index contributed by atoms with van der Waals surface area (Å²) in [6.45, 7) is 4.31. The monoisotopic (exact) mass is 364 g/mol. The predicted molar refractivity (Wildman–Crippen MR) is 105 cm³/mol. The maximum absolute atomic E-state index is 12.1. The topological polar surface area (TPSA) is 74.8 Å².